The zero-order valence-corrected chi connectivity index (χ0v) is 15.2. The van der Waals surface area contributed by atoms with Crippen molar-refractivity contribution in [3.8, 4) is 0 Å². The van der Waals surface area contributed by atoms with Crippen molar-refractivity contribution in [2.75, 3.05) is 13.2 Å². The second kappa shape index (κ2) is 6.57. The Bertz CT molecular complexity index is 504. The first-order chi connectivity index (χ1) is 12.0. The molecule has 140 valence electrons. The fourth-order valence-corrected chi connectivity index (χ4v) is 6.60. The molecule has 5 aliphatic carbocycles. The van der Waals surface area contributed by atoms with Crippen molar-refractivity contribution in [3.63, 3.8) is 0 Å². The first-order valence-electron chi connectivity index (χ1n) is 10.2. The van der Waals surface area contributed by atoms with Crippen molar-refractivity contribution >= 4 is 11.8 Å². The maximum absolute atomic E-state index is 12.9. The lowest BCUT2D eigenvalue weighted by atomic mass is 9.49. The molecule has 0 aliphatic heterocycles. The van der Waals surface area contributed by atoms with Gasteiger partial charge >= 0.3 is 0 Å². The first-order valence-corrected chi connectivity index (χ1v) is 10.2. The average Bonchev–Trinajstić information content (AvgIpc) is 3.02. The van der Waals surface area contributed by atoms with Crippen LogP contribution in [0.1, 0.15) is 70.6 Å². The third kappa shape index (κ3) is 3.32. The van der Waals surface area contributed by atoms with E-state index < -0.39 is 5.54 Å². The van der Waals surface area contributed by atoms with Crippen molar-refractivity contribution in [2.45, 2.75) is 76.2 Å². The molecule has 0 aromatic carbocycles. The molecule has 5 heteroatoms. The van der Waals surface area contributed by atoms with Gasteiger partial charge in [-0.25, -0.2) is 0 Å². The normalized spacial score (nSPS) is 37.9. The maximum Gasteiger partial charge on any atom is 0.226 e. The van der Waals surface area contributed by atoms with Crippen molar-refractivity contribution < 1.29 is 14.7 Å². The molecule has 0 radical (unpaired) electrons. The molecule has 3 N–H and O–H groups in total. The van der Waals surface area contributed by atoms with Gasteiger partial charge in [0.1, 0.15) is 0 Å². The number of hydrogen-bond donors (Lipinski definition) is 3. The van der Waals surface area contributed by atoms with Crippen LogP contribution in [-0.2, 0) is 9.59 Å². The maximum atomic E-state index is 12.9. The summed E-state index contributed by atoms with van der Waals surface area (Å²) in [6.45, 7) is 0.423. The number of aliphatic hydroxyl groups is 1. The smallest absolute Gasteiger partial charge is 0.226 e. The van der Waals surface area contributed by atoms with E-state index in [4.69, 9.17) is 0 Å². The highest BCUT2D eigenvalue weighted by Gasteiger charge is 2.54. The Morgan fingerprint density at radius 2 is 1.52 bits per heavy atom. The van der Waals surface area contributed by atoms with Crippen molar-refractivity contribution in [2.24, 2.45) is 23.2 Å². The molecule has 4 bridgehead atoms. The van der Waals surface area contributed by atoms with Gasteiger partial charge in [0.15, 0.2) is 0 Å². The summed E-state index contributed by atoms with van der Waals surface area (Å²) in [5.41, 5.74) is -0.552. The molecule has 5 rings (SSSR count). The molecule has 2 amide bonds. The van der Waals surface area contributed by atoms with Crippen LogP contribution in [0.15, 0.2) is 0 Å². The number of amides is 2. The predicted molar refractivity (Wildman–Crippen MR) is 94.7 cm³/mol. The van der Waals surface area contributed by atoms with Gasteiger partial charge < -0.3 is 15.7 Å². The summed E-state index contributed by atoms with van der Waals surface area (Å²) in [6, 6.07) is 0. The highest BCUT2D eigenvalue weighted by Crippen LogP contribution is 2.60. The Kier molecular flexibility index (Phi) is 4.55. The second-order valence-electron chi connectivity index (χ2n) is 9.40. The molecule has 0 aromatic rings. The number of nitrogens with one attached hydrogen (secondary N) is 2. The summed E-state index contributed by atoms with van der Waals surface area (Å²) in [4.78, 5) is 25.1. The van der Waals surface area contributed by atoms with E-state index in [1.165, 1.54) is 19.3 Å². The molecular weight excluding hydrogens is 316 g/mol. The fourth-order valence-electron chi connectivity index (χ4n) is 6.60. The summed E-state index contributed by atoms with van der Waals surface area (Å²) in [7, 11) is 0. The van der Waals surface area contributed by atoms with Crippen molar-refractivity contribution in [1.82, 2.24) is 10.6 Å². The molecule has 5 aliphatic rings. The molecular formula is C20H32N2O3. The van der Waals surface area contributed by atoms with E-state index in [-0.39, 0.29) is 23.8 Å². The zero-order valence-electron chi connectivity index (χ0n) is 15.2. The van der Waals surface area contributed by atoms with Gasteiger partial charge in [0.05, 0.1) is 12.1 Å². The van der Waals surface area contributed by atoms with Gasteiger partial charge in [-0.2, -0.15) is 0 Å². The largest absolute Gasteiger partial charge is 0.394 e. The lowest BCUT2D eigenvalue weighted by molar-refractivity contribution is -0.146. The van der Waals surface area contributed by atoms with Gasteiger partial charge in [-0.1, -0.05) is 12.8 Å². The summed E-state index contributed by atoms with van der Waals surface area (Å²) in [5.74, 6) is 2.41. The molecule has 0 spiro atoms. The molecule has 0 aromatic heterocycles. The van der Waals surface area contributed by atoms with Gasteiger partial charge in [0.2, 0.25) is 11.8 Å². The van der Waals surface area contributed by atoms with Crippen LogP contribution in [0.2, 0.25) is 0 Å². The SMILES string of the molecule is O=C(CCNC(=O)C12CC3CC(CC(C3)C1)C2)NC1(CO)CCCC1. The van der Waals surface area contributed by atoms with E-state index in [0.717, 1.165) is 62.7 Å². The summed E-state index contributed by atoms with van der Waals surface area (Å²) < 4.78 is 0. The van der Waals surface area contributed by atoms with Crippen molar-refractivity contribution in [1.29, 1.82) is 0 Å². The lowest BCUT2D eigenvalue weighted by Crippen LogP contribution is -2.54. The number of hydrogen-bond acceptors (Lipinski definition) is 3. The van der Waals surface area contributed by atoms with E-state index >= 15 is 0 Å². The number of carbonyl (C=O) groups excluding carboxylic acids is 2. The zero-order chi connectivity index (χ0) is 17.5. The molecule has 5 fully saturated rings. The molecule has 5 nitrogen and oxygen atoms in total. The first kappa shape index (κ1) is 17.3. The Morgan fingerprint density at radius 3 is 2.04 bits per heavy atom. The summed E-state index contributed by atoms with van der Waals surface area (Å²) in [6.07, 6.45) is 11.3. The number of carbonyl (C=O) groups is 2. The number of rotatable bonds is 6. The minimum absolute atomic E-state index is 0.0123. The van der Waals surface area contributed by atoms with E-state index in [2.05, 4.69) is 10.6 Å². The molecule has 0 unspecified atom stereocenters. The van der Waals surface area contributed by atoms with Crippen LogP contribution in [0.3, 0.4) is 0 Å². The minimum atomic E-state index is -0.416. The highest BCUT2D eigenvalue weighted by atomic mass is 16.3. The van der Waals surface area contributed by atoms with Crippen LogP contribution < -0.4 is 10.6 Å². The quantitative estimate of drug-likeness (QED) is 0.688. The lowest BCUT2D eigenvalue weighted by Gasteiger charge is -2.55. The Labute approximate surface area is 150 Å². The van der Waals surface area contributed by atoms with Gasteiger partial charge in [0.25, 0.3) is 0 Å². The average molecular weight is 348 g/mol. The van der Waals surface area contributed by atoms with E-state index in [9.17, 15) is 14.7 Å². The van der Waals surface area contributed by atoms with Crippen molar-refractivity contribution in [3.05, 3.63) is 0 Å². The molecule has 0 atom stereocenters. The molecule has 5 saturated carbocycles. The summed E-state index contributed by atoms with van der Waals surface area (Å²) in [5, 5.41) is 15.7. The third-order valence-corrected chi connectivity index (χ3v) is 7.43. The molecule has 0 heterocycles. The van der Waals surface area contributed by atoms with Crippen LogP contribution in [0.4, 0.5) is 0 Å². The van der Waals surface area contributed by atoms with Gasteiger partial charge in [-0.15, -0.1) is 0 Å². The minimum Gasteiger partial charge on any atom is -0.394 e. The van der Waals surface area contributed by atoms with E-state index in [1.54, 1.807) is 0 Å². The topological polar surface area (TPSA) is 78.4 Å². The molecule has 0 saturated heterocycles. The predicted octanol–water partition coefficient (Wildman–Crippen LogP) is 2.13. The van der Waals surface area contributed by atoms with Gasteiger partial charge in [-0.05, 0) is 69.1 Å². The van der Waals surface area contributed by atoms with Crippen LogP contribution in [-0.4, -0.2) is 35.6 Å². The van der Waals surface area contributed by atoms with Crippen LogP contribution in [0.25, 0.3) is 0 Å². The van der Waals surface area contributed by atoms with E-state index in [1.807, 2.05) is 0 Å². The third-order valence-electron chi connectivity index (χ3n) is 7.43. The van der Waals surface area contributed by atoms with Crippen LogP contribution >= 0.6 is 0 Å². The second-order valence-corrected chi connectivity index (χ2v) is 9.40. The highest BCUT2D eigenvalue weighted by molar-refractivity contribution is 5.84. The monoisotopic (exact) mass is 348 g/mol. The Morgan fingerprint density at radius 1 is 0.960 bits per heavy atom. The van der Waals surface area contributed by atoms with Crippen LogP contribution in [0.5, 0.6) is 0 Å². The van der Waals surface area contributed by atoms with E-state index in [0.29, 0.717) is 13.0 Å². The Hall–Kier alpha value is -1.10. The van der Waals surface area contributed by atoms with Gasteiger partial charge in [0, 0.05) is 18.4 Å². The summed E-state index contributed by atoms with van der Waals surface area (Å²) >= 11 is 0. The van der Waals surface area contributed by atoms with Gasteiger partial charge in [-0.3, -0.25) is 9.59 Å². The number of aliphatic hydroxyl groups excluding tert-OH is 1. The van der Waals surface area contributed by atoms with Crippen LogP contribution in [0, 0.1) is 23.2 Å². The standard InChI is InChI=1S/C20H32N2O3/c23-13-20(4-1-2-5-20)22-17(24)3-6-21-18(25)19-10-14-7-15(11-19)9-16(8-14)12-19/h14-16,23H,1-13H2,(H,21,25)(H,22,24). The molecule has 25 heavy (non-hydrogen) atoms. The Balaban J connectivity index is 1.26. The fraction of sp³-hybridized carbons (Fsp3) is 0.900.